The Morgan fingerprint density at radius 2 is 1.98 bits per heavy atom. The fourth-order valence-electron chi connectivity index (χ4n) is 4.92. The molecule has 4 rings (SSSR count). The number of carbonyl (C=O) groups is 2. The second-order valence-corrected chi connectivity index (χ2v) is 11.2. The van der Waals surface area contributed by atoms with Crippen molar-refractivity contribution in [3.63, 3.8) is 0 Å². The van der Waals surface area contributed by atoms with Crippen molar-refractivity contribution < 1.29 is 19.1 Å². The Morgan fingerprint density at radius 3 is 2.61 bits per heavy atom. The summed E-state index contributed by atoms with van der Waals surface area (Å²) in [6.07, 6.45) is 8.28. The monoisotopic (exact) mass is 624 g/mol. The summed E-state index contributed by atoms with van der Waals surface area (Å²) in [6.45, 7) is 8.42. The summed E-state index contributed by atoms with van der Waals surface area (Å²) < 4.78 is 5.83. The number of hydrogen-bond donors (Lipinski definition) is 5. The first-order chi connectivity index (χ1) is 22.0. The van der Waals surface area contributed by atoms with Crippen LogP contribution in [0.3, 0.4) is 0 Å². The van der Waals surface area contributed by atoms with E-state index in [0.29, 0.717) is 34.9 Å². The van der Waals surface area contributed by atoms with E-state index < -0.39 is 5.91 Å². The smallest absolute Gasteiger partial charge is 0.269 e. The topological polar surface area (TPSA) is 177 Å². The molecule has 1 saturated carbocycles. The van der Waals surface area contributed by atoms with Gasteiger partial charge in [-0.05, 0) is 49.1 Å². The van der Waals surface area contributed by atoms with Gasteiger partial charge in [0.15, 0.2) is 5.94 Å². The standard InChI is InChI=1S/C34H40N8O4/c1-19-12-13-38-28(21(19)3)17-42(5)29(18-43)26-14-20(2)24(16-39-26)23-8-7-9-25(32(23)46-6)40-27(31(36)34(45)37-4)15-30(35)41-33(44)22-10-11-22/h7-9,12-16,21-22,40H,1,10-11,17,35-36H2,2-6H3,(H,37,45)(H,41,44)/b30-15+,31-27+. The number of likely N-dealkylation sites (N-methyl/N-ethyl adjacent to an activating group) is 1. The average Bonchev–Trinajstić information content (AvgIpc) is 3.88. The SMILES string of the molecule is C=C1C=CN=C(CN(C)C(=C=O)c2cc(C)c(-c3cccc(NC(/C=C(\N)NC(=O)C4CC4)=C(/N)C(=O)NC)c3OC)cn2)C1C. The van der Waals surface area contributed by atoms with Crippen LogP contribution < -0.4 is 32.2 Å². The summed E-state index contributed by atoms with van der Waals surface area (Å²) in [5.41, 5.74) is 17.7. The molecule has 0 radical (unpaired) electrons. The van der Waals surface area contributed by atoms with Crippen molar-refractivity contribution in [3.05, 3.63) is 89.4 Å². The van der Waals surface area contributed by atoms with E-state index >= 15 is 0 Å². The number of ether oxygens (including phenoxy) is 1. The van der Waals surface area contributed by atoms with Crippen molar-refractivity contribution >= 4 is 34.9 Å². The van der Waals surface area contributed by atoms with E-state index in [9.17, 15) is 14.4 Å². The third-order valence-corrected chi connectivity index (χ3v) is 7.87. The highest BCUT2D eigenvalue weighted by Gasteiger charge is 2.30. The number of amides is 2. The Kier molecular flexibility index (Phi) is 10.5. The Balaban J connectivity index is 1.65. The zero-order chi connectivity index (χ0) is 33.5. The highest BCUT2D eigenvalue weighted by atomic mass is 16.5. The first kappa shape index (κ1) is 33.3. The lowest BCUT2D eigenvalue weighted by atomic mass is 9.94. The maximum atomic E-state index is 12.5. The van der Waals surface area contributed by atoms with Gasteiger partial charge in [0.2, 0.25) is 5.91 Å². The Morgan fingerprint density at radius 1 is 1.24 bits per heavy atom. The van der Waals surface area contributed by atoms with Crippen LogP contribution in [0, 0.1) is 18.8 Å². The maximum Gasteiger partial charge on any atom is 0.269 e. The van der Waals surface area contributed by atoms with Gasteiger partial charge in [-0.1, -0.05) is 25.6 Å². The van der Waals surface area contributed by atoms with Crippen LogP contribution in [0.25, 0.3) is 16.8 Å². The van der Waals surface area contributed by atoms with E-state index in [1.165, 1.54) is 20.2 Å². The summed E-state index contributed by atoms with van der Waals surface area (Å²) in [5.74, 6) is 1.79. The fraction of sp³-hybridized carbons (Fsp3) is 0.294. The molecule has 1 aromatic heterocycles. The van der Waals surface area contributed by atoms with Gasteiger partial charge >= 0.3 is 0 Å². The molecule has 0 spiro atoms. The van der Waals surface area contributed by atoms with Crippen LogP contribution in [-0.4, -0.2) is 61.1 Å². The van der Waals surface area contributed by atoms with E-state index in [-0.39, 0.29) is 35.0 Å². The average molecular weight is 625 g/mol. The minimum atomic E-state index is -0.541. The lowest BCUT2D eigenvalue weighted by Crippen LogP contribution is -2.31. The lowest BCUT2D eigenvalue weighted by Gasteiger charge is -2.25. The van der Waals surface area contributed by atoms with Gasteiger partial charge in [-0.15, -0.1) is 0 Å². The van der Waals surface area contributed by atoms with Crippen LogP contribution >= 0.6 is 0 Å². The van der Waals surface area contributed by atoms with E-state index in [4.69, 9.17) is 16.2 Å². The number of methoxy groups -OCH3 is 1. The predicted octanol–water partition coefficient (Wildman–Crippen LogP) is 2.99. The van der Waals surface area contributed by atoms with Crippen LogP contribution in [-0.2, 0) is 14.4 Å². The number of nitrogens with two attached hydrogens (primary N) is 2. The molecule has 7 N–H and O–H groups in total. The maximum absolute atomic E-state index is 12.5. The number of aryl methyl sites for hydroxylation is 1. The molecule has 0 saturated heterocycles. The summed E-state index contributed by atoms with van der Waals surface area (Å²) in [7, 11) is 4.78. The minimum Gasteiger partial charge on any atom is -0.494 e. The van der Waals surface area contributed by atoms with Crippen LogP contribution in [0.5, 0.6) is 5.75 Å². The predicted molar refractivity (Wildman–Crippen MR) is 180 cm³/mol. The number of aromatic nitrogens is 1. The number of hydrogen-bond acceptors (Lipinski definition) is 10. The number of rotatable bonds is 12. The summed E-state index contributed by atoms with van der Waals surface area (Å²) in [4.78, 5) is 47.7. The highest BCUT2D eigenvalue weighted by molar-refractivity contribution is 5.96. The van der Waals surface area contributed by atoms with Crippen LogP contribution in [0.1, 0.15) is 31.0 Å². The molecule has 1 fully saturated rings. The van der Waals surface area contributed by atoms with Gasteiger partial charge in [0.25, 0.3) is 5.91 Å². The fourth-order valence-corrected chi connectivity index (χ4v) is 4.92. The molecule has 1 unspecified atom stereocenters. The molecule has 0 bridgehead atoms. The molecule has 1 atom stereocenters. The molecule has 12 heteroatoms. The van der Waals surface area contributed by atoms with Crippen LogP contribution in [0.15, 0.2) is 83.2 Å². The second-order valence-electron chi connectivity index (χ2n) is 11.2. The number of nitrogens with zero attached hydrogens (tertiary/aromatic N) is 3. The number of anilines is 1. The molecular formula is C34H40N8O4. The number of aliphatic imine (C=N–C) groups is 1. The van der Waals surface area contributed by atoms with Crippen LogP contribution in [0.4, 0.5) is 5.69 Å². The molecule has 2 heterocycles. The minimum absolute atomic E-state index is 0.0347. The van der Waals surface area contributed by atoms with E-state index in [2.05, 4.69) is 32.5 Å². The molecule has 240 valence electrons. The summed E-state index contributed by atoms with van der Waals surface area (Å²) >= 11 is 0. The zero-order valence-electron chi connectivity index (χ0n) is 26.7. The first-order valence-electron chi connectivity index (χ1n) is 14.8. The molecule has 2 amide bonds. The number of pyridine rings is 1. The van der Waals surface area contributed by atoms with E-state index in [1.807, 2.05) is 44.1 Å². The zero-order valence-corrected chi connectivity index (χ0v) is 26.7. The van der Waals surface area contributed by atoms with Crippen molar-refractivity contribution in [1.29, 1.82) is 0 Å². The molecule has 12 nitrogen and oxygen atoms in total. The first-order valence-corrected chi connectivity index (χ1v) is 14.8. The Bertz CT molecular complexity index is 1730. The van der Waals surface area contributed by atoms with Crippen molar-refractivity contribution in [1.82, 2.24) is 20.5 Å². The van der Waals surface area contributed by atoms with Crippen molar-refractivity contribution in [3.8, 4) is 16.9 Å². The quantitative estimate of drug-likeness (QED) is 0.135. The van der Waals surface area contributed by atoms with Crippen molar-refractivity contribution in [2.24, 2.45) is 28.3 Å². The number of nitrogens with one attached hydrogen (secondary N) is 3. The number of benzene rings is 1. The van der Waals surface area contributed by atoms with Crippen molar-refractivity contribution in [2.75, 3.05) is 33.1 Å². The van der Waals surface area contributed by atoms with Gasteiger partial charge in [0.1, 0.15) is 23.0 Å². The molecule has 1 aromatic carbocycles. The number of para-hydroxylation sites is 1. The molecule has 1 aliphatic heterocycles. The largest absolute Gasteiger partial charge is 0.494 e. The highest BCUT2D eigenvalue weighted by Crippen LogP contribution is 2.39. The van der Waals surface area contributed by atoms with Gasteiger partial charge < -0.3 is 37.1 Å². The van der Waals surface area contributed by atoms with Crippen molar-refractivity contribution in [2.45, 2.75) is 26.7 Å². The summed E-state index contributed by atoms with van der Waals surface area (Å²) in [6, 6.07) is 7.24. The molecule has 46 heavy (non-hydrogen) atoms. The summed E-state index contributed by atoms with van der Waals surface area (Å²) in [5, 5.41) is 8.29. The number of carbonyl (C=O) groups excluding carboxylic acids is 3. The Hall–Kier alpha value is -5.61. The van der Waals surface area contributed by atoms with Gasteiger partial charge in [0, 0.05) is 61.2 Å². The van der Waals surface area contributed by atoms with Gasteiger partial charge in [0.05, 0.1) is 30.7 Å². The van der Waals surface area contributed by atoms with Gasteiger partial charge in [-0.3, -0.25) is 19.6 Å². The third-order valence-electron chi connectivity index (χ3n) is 7.87. The van der Waals surface area contributed by atoms with Crippen LogP contribution in [0.2, 0.25) is 0 Å². The third kappa shape index (κ3) is 7.54. The molecule has 2 aromatic rings. The number of allylic oxidation sites excluding steroid dienone is 3. The van der Waals surface area contributed by atoms with E-state index in [0.717, 1.165) is 35.3 Å². The molecule has 1 aliphatic carbocycles. The van der Waals surface area contributed by atoms with E-state index in [1.54, 1.807) is 30.4 Å². The second kappa shape index (κ2) is 14.4. The lowest BCUT2D eigenvalue weighted by molar-refractivity contribution is -0.121. The Labute approximate surface area is 268 Å². The van der Waals surface area contributed by atoms with Gasteiger partial charge in [-0.2, -0.15) is 0 Å². The normalized spacial score (nSPS) is 16.5. The van der Waals surface area contributed by atoms with Gasteiger partial charge in [-0.25, -0.2) is 4.79 Å². The molecule has 2 aliphatic rings. The molecular weight excluding hydrogens is 584 g/mol.